The molecule has 0 saturated heterocycles. The van der Waals surface area contributed by atoms with Gasteiger partial charge in [0.2, 0.25) is 0 Å². The Bertz CT molecular complexity index is 256. The first kappa shape index (κ1) is 20.9. The molecule has 138 valence electrons. The molecule has 0 atom stereocenters. The van der Waals surface area contributed by atoms with Crippen molar-refractivity contribution in [3.63, 3.8) is 0 Å². The Morgan fingerprint density at radius 1 is 0.913 bits per heavy atom. The van der Waals surface area contributed by atoms with Crippen LogP contribution in [-0.2, 0) is 9.47 Å². The molecule has 2 N–H and O–H groups in total. The monoisotopic (exact) mass is 328 g/mol. The fraction of sp³-hybridized carbons (Fsp3) is 1.00. The predicted octanol–water partition coefficient (Wildman–Crippen LogP) is 3.44. The Kier molecular flexibility index (Phi) is 12.9. The van der Waals surface area contributed by atoms with Gasteiger partial charge in [-0.1, -0.05) is 12.8 Å². The first-order valence-corrected chi connectivity index (χ1v) is 9.75. The van der Waals surface area contributed by atoms with Crippen molar-refractivity contribution in [3.8, 4) is 0 Å². The molecule has 0 heterocycles. The molecule has 4 heteroatoms. The fourth-order valence-electron chi connectivity index (χ4n) is 3.44. The van der Waals surface area contributed by atoms with Crippen molar-refractivity contribution < 1.29 is 9.47 Å². The molecule has 1 aliphatic rings. The third kappa shape index (κ3) is 11.1. The zero-order valence-electron chi connectivity index (χ0n) is 15.6. The molecule has 0 spiro atoms. The highest BCUT2D eigenvalue weighted by atomic mass is 16.5. The van der Waals surface area contributed by atoms with Crippen LogP contribution in [0.2, 0.25) is 0 Å². The van der Waals surface area contributed by atoms with Crippen LogP contribution in [0.3, 0.4) is 0 Å². The Labute approximate surface area is 144 Å². The molecular weight excluding hydrogens is 288 g/mol. The van der Waals surface area contributed by atoms with Gasteiger partial charge in [0.1, 0.15) is 0 Å². The van der Waals surface area contributed by atoms with Crippen LogP contribution in [0.25, 0.3) is 0 Å². The molecule has 0 unspecified atom stereocenters. The molecular formula is C19H40N2O2. The Morgan fingerprint density at radius 2 is 1.65 bits per heavy atom. The normalized spacial score (nSPS) is 21.9. The van der Waals surface area contributed by atoms with Crippen LogP contribution in [0.4, 0.5) is 0 Å². The average molecular weight is 329 g/mol. The highest BCUT2D eigenvalue weighted by Crippen LogP contribution is 2.29. The molecule has 0 amide bonds. The van der Waals surface area contributed by atoms with Gasteiger partial charge in [-0.05, 0) is 77.4 Å². The van der Waals surface area contributed by atoms with Gasteiger partial charge in [-0.25, -0.2) is 0 Å². The lowest BCUT2D eigenvalue weighted by Gasteiger charge is -2.28. The van der Waals surface area contributed by atoms with Crippen LogP contribution in [0, 0.1) is 5.92 Å². The van der Waals surface area contributed by atoms with Crippen molar-refractivity contribution in [2.45, 2.75) is 70.3 Å². The number of hydrogen-bond acceptors (Lipinski definition) is 4. The van der Waals surface area contributed by atoms with Gasteiger partial charge < -0.3 is 20.1 Å². The maximum Gasteiger partial charge on any atom is 0.0589 e. The molecule has 0 radical (unpaired) electrons. The number of nitrogens with two attached hydrogens (primary N) is 1. The van der Waals surface area contributed by atoms with E-state index in [4.69, 9.17) is 15.2 Å². The summed E-state index contributed by atoms with van der Waals surface area (Å²) in [5, 5.41) is 0. The first-order chi connectivity index (χ1) is 11.3. The lowest BCUT2D eigenvalue weighted by atomic mass is 9.84. The van der Waals surface area contributed by atoms with Crippen LogP contribution in [0.1, 0.15) is 64.2 Å². The molecule has 0 aromatic carbocycles. The standard InChI is InChI=1S/C19H40N2O2/c1-21(15-17-22-2)14-5-3-4-6-16-23-19-11-9-18(10-12-19)8-7-13-20/h18-19H,3-17,20H2,1-2H3. The Morgan fingerprint density at radius 3 is 2.35 bits per heavy atom. The summed E-state index contributed by atoms with van der Waals surface area (Å²) in [5.74, 6) is 0.911. The maximum absolute atomic E-state index is 6.06. The van der Waals surface area contributed by atoms with E-state index >= 15 is 0 Å². The number of ether oxygens (including phenoxy) is 2. The summed E-state index contributed by atoms with van der Waals surface area (Å²) in [6.45, 7) is 4.85. The van der Waals surface area contributed by atoms with Crippen LogP contribution in [-0.4, -0.2) is 58.0 Å². The number of likely N-dealkylation sites (N-methyl/N-ethyl adjacent to an activating group) is 1. The van der Waals surface area contributed by atoms with Gasteiger partial charge in [-0.2, -0.15) is 0 Å². The van der Waals surface area contributed by atoms with Gasteiger partial charge >= 0.3 is 0 Å². The molecule has 1 fully saturated rings. The molecule has 0 aliphatic heterocycles. The van der Waals surface area contributed by atoms with Crippen molar-refractivity contribution in [1.82, 2.24) is 4.90 Å². The summed E-state index contributed by atoms with van der Waals surface area (Å²) in [5.41, 5.74) is 5.59. The third-order valence-electron chi connectivity index (χ3n) is 5.08. The molecule has 4 nitrogen and oxygen atoms in total. The highest BCUT2D eigenvalue weighted by molar-refractivity contribution is 4.73. The van der Waals surface area contributed by atoms with Gasteiger partial charge in [-0.15, -0.1) is 0 Å². The minimum Gasteiger partial charge on any atom is -0.383 e. The topological polar surface area (TPSA) is 47.7 Å². The minimum absolute atomic E-state index is 0.532. The number of unbranched alkanes of at least 4 members (excludes halogenated alkanes) is 3. The average Bonchev–Trinajstić information content (AvgIpc) is 2.58. The van der Waals surface area contributed by atoms with Crippen LogP contribution < -0.4 is 5.73 Å². The molecule has 1 aliphatic carbocycles. The molecule has 0 aromatic rings. The second-order valence-corrected chi connectivity index (χ2v) is 7.15. The second-order valence-electron chi connectivity index (χ2n) is 7.15. The smallest absolute Gasteiger partial charge is 0.0589 e. The lowest BCUT2D eigenvalue weighted by Crippen LogP contribution is -2.24. The van der Waals surface area contributed by atoms with E-state index in [2.05, 4.69) is 11.9 Å². The molecule has 1 saturated carbocycles. The van der Waals surface area contributed by atoms with Gasteiger partial charge in [0.15, 0.2) is 0 Å². The summed E-state index contributed by atoms with van der Waals surface area (Å²) in [6.07, 6.45) is 13.4. The predicted molar refractivity (Wildman–Crippen MR) is 97.8 cm³/mol. The number of nitrogens with zero attached hydrogens (tertiary/aromatic N) is 1. The van der Waals surface area contributed by atoms with E-state index in [1.165, 1.54) is 70.8 Å². The maximum atomic E-state index is 6.06. The van der Waals surface area contributed by atoms with Gasteiger partial charge in [0, 0.05) is 20.3 Å². The summed E-state index contributed by atoms with van der Waals surface area (Å²) in [4.78, 5) is 2.35. The van der Waals surface area contributed by atoms with E-state index in [1.807, 2.05) is 0 Å². The summed E-state index contributed by atoms with van der Waals surface area (Å²) in [7, 11) is 3.94. The first-order valence-electron chi connectivity index (χ1n) is 9.75. The fourth-order valence-corrected chi connectivity index (χ4v) is 3.44. The van der Waals surface area contributed by atoms with Crippen molar-refractivity contribution in [2.75, 3.05) is 47.0 Å². The highest BCUT2D eigenvalue weighted by Gasteiger charge is 2.20. The van der Waals surface area contributed by atoms with E-state index in [0.29, 0.717) is 6.10 Å². The van der Waals surface area contributed by atoms with E-state index in [0.717, 1.165) is 32.2 Å². The van der Waals surface area contributed by atoms with Crippen molar-refractivity contribution >= 4 is 0 Å². The van der Waals surface area contributed by atoms with E-state index in [-0.39, 0.29) is 0 Å². The molecule has 0 bridgehead atoms. The van der Waals surface area contributed by atoms with Gasteiger partial charge in [-0.3, -0.25) is 0 Å². The van der Waals surface area contributed by atoms with E-state index in [9.17, 15) is 0 Å². The minimum atomic E-state index is 0.532. The number of hydrogen-bond donors (Lipinski definition) is 1. The van der Waals surface area contributed by atoms with Crippen LogP contribution >= 0.6 is 0 Å². The van der Waals surface area contributed by atoms with Crippen molar-refractivity contribution in [1.29, 1.82) is 0 Å². The van der Waals surface area contributed by atoms with Gasteiger partial charge in [0.25, 0.3) is 0 Å². The SMILES string of the molecule is COCCN(C)CCCCCCOC1CCC(CCCN)CC1. The van der Waals surface area contributed by atoms with E-state index < -0.39 is 0 Å². The second kappa shape index (κ2) is 14.2. The van der Waals surface area contributed by atoms with Crippen LogP contribution in [0.15, 0.2) is 0 Å². The van der Waals surface area contributed by atoms with Crippen molar-refractivity contribution in [2.24, 2.45) is 11.7 Å². The van der Waals surface area contributed by atoms with E-state index in [1.54, 1.807) is 7.11 Å². The zero-order valence-corrected chi connectivity index (χ0v) is 15.6. The Hall–Kier alpha value is -0.160. The molecule has 1 rings (SSSR count). The largest absolute Gasteiger partial charge is 0.383 e. The summed E-state index contributed by atoms with van der Waals surface area (Å²) >= 11 is 0. The molecule has 23 heavy (non-hydrogen) atoms. The molecule has 0 aromatic heterocycles. The number of methoxy groups -OCH3 is 1. The van der Waals surface area contributed by atoms with Crippen molar-refractivity contribution in [3.05, 3.63) is 0 Å². The summed E-state index contributed by atoms with van der Waals surface area (Å²) < 4.78 is 11.2. The van der Waals surface area contributed by atoms with Crippen LogP contribution in [0.5, 0.6) is 0 Å². The Balaban J connectivity index is 1.86. The van der Waals surface area contributed by atoms with Gasteiger partial charge in [0.05, 0.1) is 12.7 Å². The summed E-state index contributed by atoms with van der Waals surface area (Å²) in [6, 6.07) is 0. The third-order valence-corrected chi connectivity index (χ3v) is 5.08. The quantitative estimate of drug-likeness (QED) is 0.496. The lowest BCUT2D eigenvalue weighted by molar-refractivity contribution is 0.0151. The number of rotatable bonds is 14. The zero-order chi connectivity index (χ0) is 16.8.